The number of aliphatic imine (C=N–C) groups is 1. The van der Waals surface area contributed by atoms with Crippen molar-refractivity contribution in [3.8, 4) is 11.5 Å². The molecule has 0 bridgehead atoms. The van der Waals surface area contributed by atoms with Crippen molar-refractivity contribution in [1.29, 1.82) is 0 Å². The van der Waals surface area contributed by atoms with Crippen LogP contribution in [0.1, 0.15) is 16.7 Å². The number of hydrogen-bond acceptors (Lipinski definition) is 5. The Morgan fingerprint density at radius 1 is 0.947 bits per heavy atom. The maximum absolute atomic E-state index is 13.1. The first-order chi connectivity index (χ1) is 18.3. The van der Waals surface area contributed by atoms with Crippen molar-refractivity contribution < 1.29 is 19.1 Å². The van der Waals surface area contributed by atoms with E-state index < -0.39 is 6.04 Å². The van der Waals surface area contributed by atoms with Crippen LogP contribution >= 0.6 is 23.2 Å². The standard InChI is InChI=1S/C28H30Cl2N4O4/c1-37-24-11-8-19(15-25(24)38-2)16-26(35)34-28(31)33-23(14-18-6-4-3-5-7-18)27(36)32-13-12-20-9-10-21(29)17-22(20)30/h3-11,15,17,23H,12-14,16H2,1-2H3,(H,32,36)(H3,31,33,34,35)/t23-/m1/s1. The maximum atomic E-state index is 13.1. The highest BCUT2D eigenvalue weighted by molar-refractivity contribution is 6.35. The number of hydrogen-bond donors (Lipinski definition) is 3. The SMILES string of the molecule is COc1ccc(CC(=O)NC(N)=N[C@H](Cc2ccccc2)C(=O)NCCc2ccc(Cl)cc2Cl)cc1OC. The molecule has 0 saturated carbocycles. The summed E-state index contributed by atoms with van der Waals surface area (Å²) in [6.07, 6.45) is 0.857. The second kappa shape index (κ2) is 14.3. The molecule has 0 aromatic heterocycles. The summed E-state index contributed by atoms with van der Waals surface area (Å²) in [4.78, 5) is 30.0. The van der Waals surface area contributed by atoms with Crippen molar-refractivity contribution in [2.75, 3.05) is 20.8 Å². The fraction of sp³-hybridized carbons (Fsp3) is 0.250. The Balaban J connectivity index is 1.66. The van der Waals surface area contributed by atoms with E-state index in [-0.39, 0.29) is 24.2 Å². The third-order valence-corrected chi connectivity index (χ3v) is 6.25. The number of nitrogens with one attached hydrogen (secondary N) is 2. The molecule has 2 amide bonds. The van der Waals surface area contributed by atoms with Gasteiger partial charge in [-0.05, 0) is 47.4 Å². The first-order valence-corrected chi connectivity index (χ1v) is 12.6. The maximum Gasteiger partial charge on any atom is 0.245 e. The Hall–Kier alpha value is -3.75. The molecule has 0 unspecified atom stereocenters. The van der Waals surface area contributed by atoms with Gasteiger partial charge < -0.3 is 20.5 Å². The number of methoxy groups -OCH3 is 2. The van der Waals surface area contributed by atoms with Crippen LogP contribution in [0.3, 0.4) is 0 Å². The zero-order valence-corrected chi connectivity index (χ0v) is 22.7. The topological polar surface area (TPSA) is 115 Å². The van der Waals surface area contributed by atoms with E-state index in [9.17, 15) is 9.59 Å². The molecule has 1 atom stereocenters. The summed E-state index contributed by atoms with van der Waals surface area (Å²) in [6, 6.07) is 19.0. The number of carbonyl (C=O) groups is 2. The molecule has 0 heterocycles. The predicted octanol–water partition coefficient (Wildman–Crippen LogP) is 3.95. The number of halogens is 2. The minimum atomic E-state index is -0.848. The number of guanidine groups is 1. The number of nitrogens with two attached hydrogens (primary N) is 1. The van der Waals surface area contributed by atoms with E-state index in [2.05, 4.69) is 15.6 Å². The number of benzene rings is 3. The largest absolute Gasteiger partial charge is 0.493 e. The molecular weight excluding hydrogens is 527 g/mol. The van der Waals surface area contributed by atoms with E-state index in [1.54, 1.807) is 30.3 Å². The number of rotatable bonds is 11. The molecule has 3 aromatic rings. The van der Waals surface area contributed by atoms with Crippen molar-refractivity contribution in [3.63, 3.8) is 0 Å². The fourth-order valence-electron chi connectivity index (χ4n) is 3.76. The summed E-state index contributed by atoms with van der Waals surface area (Å²) in [5.74, 6) is 0.225. The summed E-state index contributed by atoms with van der Waals surface area (Å²) < 4.78 is 10.5. The second-order valence-electron chi connectivity index (χ2n) is 8.41. The van der Waals surface area contributed by atoms with Crippen LogP contribution in [-0.2, 0) is 28.9 Å². The van der Waals surface area contributed by atoms with Crippen molar-refractivity contribution in [1.82, 2.24) is 10.6 Å². The summed E-state index contributed by atoms with van der Waals surface area (Å²) in [7, 11) is 3.06. The average molecular weight is 557 g/mol. The Labute approximate surface area is 232 Å². The van der Waals surface area contributed by atoms with E-state index in [0.29, 0.717) is 46.5 Å². The van der Waals surface area contributed by atoms with Crippen LogP contribution in [-0.4, -0.2) is 44.6 Å². The Bertz CT molecular complexity index is 1290. The van der Waals surface area contributed by atoms with Gasteiger partial charge in [0.25, 0.3) is 0 Å². The number of carbonyl (C=O) groups excluding carboxylic acids is 2. The lowest BCUT2D eigenvalue weighted by molar-refractivity contribution is -0.122. The lowest BCUT2D eigenvalue weighted by atomic mass is 10.1. The summed E-state index contributed by atoms with van der Waals surface area (Å²) in [5.41, 5.74) is 8.51. The Kier molecular flexibility index (Phi) is 10.8. The molecule has 0 radical (unpaired) electrons. The summed E-state index contributed by atoms with van der Waals surface area (Å²) in [6.45, 7) is 0.340. The summed E-state index contributed by atoms with van der Waals surface area (Å²) in [5, 5.41) is 6.53. The Morgan fingerprint density at radius 3 is 2.37 bits per heavy atom. The third kappa shape index (κ3) is 8.68. The van der Waals surface area contributed by atoms with Crippen molar-refractivity contribution >= 4 is 41.0 Å². The quantitative estimate of drug-likeness (QED) is 0.244. The smallest absolute Gasteiger partial charge is 0.245 e. The van der Waals surface area contributed by atoms with Gasteiger partial charge in [-0.1, -0.05) is 65.7 Å². The van der Waals surface area contributed by atoms with Gasteiger partial charge in [0, 0.05) is 23.0 Å². The number of nitrogens with zero attached hydrogens (tertiary/aromatic N) is 1. The van der Waals surface area contributed by atoms with E-state index >= 15 is 0 Å². The van der Waals surface area contributed by atoms with Gasteiger partial charge in [0.05, 0.1) is 20.6 Å². The summed E-state index contributed by atoms with van der Waals surface area (Å²) >= 11 is 12.2. The minimum absolute atomic E-state index is 0.0357. The van der Waals surface area contributed by atoms with E-state index in [1.807, 2.05) is 36.4 Å². The normalized spacial score (nSPS) is 11.9. The molecule has 4 N–H and O–H groups in total. The van der Waals surface area contributed by atoms with Gasteiger partial charge in [-0.3, -0.25) is 14.9 Å². The van der Waals surface area contributed by atoms with Crippen LogP contribution in [0.15, 0.2) is 71.7 Å². The van der Waals surface area contributed by atoms with Crippen LogP contribution in [0.5, 0.6) is 11.5 Å². The van der Waals surface area contributed by atoms with Gasteiger partial charge in [-0.15, -0.1) is 0 Å². The molecule has 10 heteroatoms. The van der Waals surface area contributed by atoms with Crippen LogP contribution in [0.25, 0.3) is 0 Å². The van der Waals surface area contributed by atoms with Crippen LogP contribution in [0.4, 0.5) is 0 Å². The van der Waals surface area contributed by atoms with Crippen molar-refractivity contribution in [2.24, 2.45) is 10.7 Å². The molecule has 38 heavy (non-hydrogen) atoms. The fourth-order valence-corrected chi connectivity index (χ4v) is 4.26. The lowest BCUT2D eigenvalue weighted by Gasteiger charge is -2.15. The monoisotopic (exact) mass is 556 g/mol. The molecule has 0 aliphatic carbocycles. The van der Waals surface area contributed by atoms with Crippen LogP contribution < -0.4 is 25.8 Å². The van der Waals surface area contributed by atoms with Crippen molar-refractivity contribution in [3.05, 3.63) is 93.5 Å². The third-order valence-electron chi connectivity index (χ3n) is 5.66. The van der Waals surface area contributed by atoms with Gasteiger partial charge in [-0.25, -0.2) is 4.99 Å². The molecule has 0 aliphatic heterocycles. The van der Waals surface area contributed by atoms with E-state index in [4.69, 9.17) is 38.4 Å². The predicted molar refractivity (Wildman–Crippen MR) is 150 cm³/mol. The highest BCUT2D eigenvalue weighted by Crippen LogP contribution is 2.27. The second-order valence-corrected chi connectivity index (χ2v) is 9.25. The zero-order chi connectivity index (χ0) is 27.5. The molecule has 200 valence electrons. The molecule has 0 aliphatic rings. The molecular formula is C28H30Cl2N4O4. The van der Waals surface area contributed by atoms with Gasteiger partial charge in [0.1, 0.15) is 6.04 Å². The molecule has 0 fully saturated rings. The van der Waals surface area contributed by atoms with Crippen LogP contribution in [0.2, 0.25) is 10.0 Å². The van der Waals surface area contributed by atoms with E-state index in [0.717, 1.165) is 11.1 Å². The number of amides is 2. The lowest BCUT2D eigenvalue weighted by Crippen LogP contribution is -2.42. The minimum Gasteiger partial charge on any atom is -0.493 e. The molecule has 0 saturated heterocycles. The highest BCUT2D eigenvalue weighted by Gasteiger charge is 2.19. The van der Waals surface area contributed by atoms with Gasteiger partial charge in [-0.2, -0.15) is 0 Å². The average Bonchev–Trinajstić information content (AvgIpc) is 2.89. The zero-order valence-electron chi connectivity index (χ0n) is 21.2. The Morgan fingerprint density at radius 2 is 1.68 bits per heavy atom. The highest BCUT2D eigenvalue weighted by atomic mass is 35.5. The number of ether oxygens (including phenoxy) is 2. The molecule has 8 nitrogen and oxygen atoms in total. The first-order valence-electron chi connectivity index (χ1n) is 11.9. The van der Waals surface area contributed by atoms with Gasteiger partial charge >= 0.3 is 0 Å². The molecule has 3 rings (SSSR count). The first kappa shape index (κ1) is 28.8. The molecule has 3 aromatic carbocycles. The van der Waals surface area contributed by atoms with Crippen molar-refractivity contribution in [2.45, 2.75) is 25.3 Å². The van der Waals surface area contributed by atoms with Gasteiger partial charge in [0.15, 0.2) is 17.5 Å². The van der Waals surface area contributed by atoms with Crippen LogP contribution in [0, 0.1) is 0 Å². The van der Waals surface area contributed by atoms with Gasteiger partial charge in [0.2, 0.25) is 11.8 Å². The van der Waals surface area contributed by atoms with E-state index in [1.165, 1.54) is 14.2 Å². The molecule has 0 spiro atoms.